The fraction of sp³-hybridized carbons (Fsp3) is 0.235. The summed E-state index contributed by atoms with van der Waals surface area (Å²) < 4.78 is 0. The molecule has 0 unspecified atom stereocenters. The topological polar surface area (TPSA) is 101 Å². The molecule has 0 radical (unpaired) electrons. The third-order valence-electron chi connectivity index (χ3n) is 3.92. The molecule has 3 rings (SSSR count). The van der Waals surface area contributed by atoms with Gasteiger partial charge in [0.1, 0.15) is 5.00 Å². The number of carbonyl (C=O) groups excluding carboxylic acids is 3. The van der Waals surface area contributed by atoms with Gasteiger partial charge in [-0.05, 0) is 43.9 Å². The standard InChI is InChI=1S/C17H17N3O3S/c1-9(21)10-4-2-5-11(8-10)19-17(23)20-16-14(15(18)22)12-6-3-7-13(12)24-16/h2,4-5,8H,3,6-7H2,1H3,(H2,18,22)(H2,19,20,23). The number of ketones is 1. The summed E-state index contributed by atoms with van der Waals surface area (Å²) in [6, 6.07) is 6.19. The number of benzene rings is 1. The van der Waals surface area contributed by atoms with E-state index in [1.54, 1.807) is 24.3 Å². The van der Waals surface area contributed by atoms with Crippen LogP contribution < -0.4 is 16.4 Å². The van der Waals surface area contributed by atoms with Crippen LogP contribution in [0.3, 0.4) is 0 Å². The zero-order valence-corrected chi connectivity index (χ0v) is 14.0. The Morgan fingerprint density at radius 1 is 1.17 bits per heavy atom. The van der Waals surface area contributed by atoms with Crippen LogP contribution in [0.5, 0.6) is 0 Å². The normalized spacial score (nSPS) is 12.5. The largest absolute Gasteiger partial charge is 0.365 e. The van der Waals surface area contributed by atoms with Gasteiger partial charge in [0.25, 0.3) is 5.91 Å². The number of fused-ring (bicyclic) bond motifs is 1. The summed E-state index contributed by atoms with van der Waals surface area (Å²) in [7, 11) is 0. The predicted molar refractivity (Wildman–Crippen MR) is 93.9 cm³/mol. The molecule has 1 aliphatic carbocycles. The maximum absolute atomic E-state index is 12.2. The zero-order valence-electron chi connectivity index (χ0n) is 13.1. The highest BCUT2D eigenvalue weighted by Crippen LogP contribution is 2.38. The average molecular weight is 343 g/mol. The van der Waals surface area contributed by atoms with Crippen molar-refractivity contribution < 1.29 is 14.4 Å². The summed E-state index contributed by atoms with van der Waals surface area (Å²) >= 11 is 1.40. The molecule has 6 nitrogen and oxygen atoms in total. The maximum atomic E-state index is 12.2. The van der Waals surface area contributed by atoms with Crippen LogP contribution >= 0.6 is 11.3 Å². The van der Waals surface area contributed by atoms with E-state index in [2.05, 4.69) is 10.6 Å². The zero-order chi connectivity index (χ0) is 17.3. The molecule has 4 N–H and O–H groups in total. The molecule has 0 saturated heterocycles. The molecule has 0 saturated carbocycles. The molecule has 124 valence electrons. The molecule has 1 aromatic heterocycles. The van der Waals surface area contributed by atoms with Crippen molar-refractivity contribution in [1.29, 1.82) is 0 Å². The second kappa shape index (κ2) is 6.45. The number of nitrogens with one attached hydrogen (secondary N) is 2. The Kier molecular flexibility index (Phi) is 4.35. The number of amides is 3. The number of aryl methyl sites for hydroxylation is 1. The van der Waals surface area contributed by atoms with Crippen LogP contribution in [-0.2, 0) is 12.8 Å². The minimum Gasteiger partial charge on any atom is -0.365 e. The molecule has 1 aliphatic rings. The van der Waals surface area contributed by atoms with Crippen molar-refractivity contribution in [2.45, 2.75) is 26.2 Å². The Bertz CT molecular complexity index is 842. The number of thiophene rings is 1. The van der Waals surface area contributed by atoms with E-state index < -0.39 is 11.9 Å². The molecule has 0 bridgehead atoms. The highest BCUT2D eigenvalue weighted by atomic mass is 32.1. The number of carbonyl (C=O) groups is 3. The summed E-state index contributed by atoms with van der Waals surface area (Å²) in [6.45, 7) is 1.46. The van der Waals surface area contributed by atoms with Crippen LogP contribution in [0, 0.1) is 0 Å². The van der Waals surface area contributed by atoms with E-state index in [0.29, 0.717) is 21.8 Å². The molecule has 7 heteroatoms. The lowest BCUT2D eigenvalue weighted by atomic mass is 10.1. The number of urea groups is 1. The SMILES string of the molecule is CC(=O)c1cccc(NC(=O)Nc2sc3c(c2C(N)=O)CCC3)c1. The van der Waals surface area contributed by atoms with Gasteiger partial charge in [-0.1, -0.05) is 12.1 Å². The molecule has 0 aliphatic heterocycles. The van der Waals surface area contributed by atoms with Gasteiger partial charge in [0.2, 0.25) is 0 Å². The van der Waals surface area contributed by atoms with Gasteiger partial charge in [-0.3, -0.25) is 14.9 Å². The quantitative estimate of drug-likeness (QED) is 0.743. The lowest BCUT2D eigenvalue weighted by Gasteiger charge is -2.08. The van der Waals surface area contributed by atoms with Gasteiger partial charge in [-0.2, -0.15) is 0 Å². The Balaban J connectivity index is 1.77. The third-order valence-corrected chi connectivity index (χ3v) is 5.13. The summed E-state index contributed by atoms with van der Waals surface area (Å²) in [6.07, 6.45) is 2.73. The summed E-state index contributed by atoms with van der Waals surface area (Å²) in [5.41, 5.74) is 7.87. The number of hydrogen-bond donors (Lipinski definition) is 3. The number of primary amides is 1. The van der Waals surface area contributed by atoms with E-state index in [-0.39, 0.29) is 5.78 Å². The number of nitrogens with two attached hydrogens (primary N) is 1. The molecule has 2 aromatic rings. The van der Waals surface area contributed by atoms with Gasteiger partial charge in [0.15, 0.2) is 5.78 Å². The molecule has 0 fully saturated rings. The lowest BCUT2D eigenvalue weighted by molar-refractivity contribution is 0.0996. The minimum atomic E-state index is -0.525. The van der Waals surface area contributed by atoms with Crippen LogP contribution in [-0.4, -0.2) is 17.7 Å². The second-order valence-corrected chi connectivity index (χ2v) is 6.75. The maximum Gasteiger partial charge on any atom is 0.324 e. The predicted octanol–water partition coefficient (Wildman–Crippen LogP) is 3.18. The van der Waals surface area contributed by atoms with Crippen molar-refractivity contribution in [2.24, 2.45) is 5.73 Å². The Hall–Kier alpha value is -2.67. The van der Waals surface area contributed by atoms with Gasteiger partial charge >= 0.3 is 6.03 Å². The van der Waals surface area contributed by atoms with E-state index in [1.807, 2.05) is 0 Å². The van der Waals surface area contributed by atoms with E-state index in [4.69, 9.17) is 5.73 Å². The van der Waals surface area contributed by atoms with E-state index in [0.717, 1.165) is 29.7 Å². The van der Waals surface area contributed by atoms with Crippen molar-refractivity contribution in [3.05, 3.63) is 45.8 Å². The number of hydrogen-bond acceptors (Lipinski definition) is 4. The van der Waals surface area contributed by atoms with Crippen molar-refractivity contribution in [3.8, 4) is 0 Å². The van der Waals surface area contributed by atoms with Crippen molar-refractivity contribution in [3.63, 3.8) is 0 Å². The number of anilines is 2. The molecule has 1 aromatic carbocycles. The van der Waals surface area contributed by atoms with Crippen molar-refractivity contribution >= 4 is 39.7 Å². The van der Waals surface area contributed by atoms with Crippen LogP contribution in [0.2, 0.25) is 0 Å². The van der Waals surface area contributed by atoms with Crippen LogP contribution in [0.4, 0.5) is 15.5 Å². The fourth-order valence-electron chi connectivity index (χ4n) is 2.83. The highest BCUT2D eigenvalue weighted by molar-refractivity contribution is 7.17. The molecular weight excluding hydrogens is 326 g/mol. The monoisotopic (exact) mass is 343 g/mol. The van der Waals surface area contributed by atoms with Crippen LogP contribution in [0.25, 0.3) is 0 Å². The van der Waals surface area contributed by atoms with Gasteiger partial charge in [0.05, 0.1) is 5.56 Å². The van der Waals surface area contributed by atoms with E-state index in [1.165, 1.54) is 18.3 Å². The summed E-state index contributed by atoms with van der Waals surface area (Å²) in [5.74, 6) is -0.604. The first-order valence-corrected chi connectivity index (χ1v) is 8.40. The Labute approximate surface area is 143 Å². The minimum absolute atomic E-state index is 0.0789. The molecular formula is C17H17N3O3S. The third kappa shape index (κ3) is 3.16. The molecule has 3 amide bonds. The first-order valence-electron chi connectivity index (χ1n) is 7.59. The van der Waals surface area contributed by atoms with Crippen LogP contribution in [0.1, 0.15) is 44.5 Å². The fourth-order valence-corrected chi connectivity index (χ4v) is 4.12. The highest BCUT2D eigenvalue weighted by Gasteiger charge is 2.26. The lowest BCUT2D eigenvalue weighted by Crippen LogP contribution is -2.22. The van der Waals surface area contributed by atoms with Gasteiger partial charge in [-0.15, -0.1) is 11.3 Å². The number of rotatable bonds is 4. The first-order chi connectivity index (χ1) is 11.5. The Morgan fingerprint density at radius 2 is 1.96 bits per heavy atom. The van der Waals surface area contributed by atoms with Gasteiger partial charge in [-0.25, -0.2) is 4.79 Å². The van der Waals surface area contributed by atoms with Crippen molar-refractivity contribution in [1.82, 2.24) is 0 Å². The molecule has 0 spiro atoms. The summed E-state index contributed by atoms with van der Waals surface area (Å²) in [5, 5.41) is 5.85. The number of Topliss-reactive ketones (excluding diaryl/α,β-unsaturated/α-hetero) is 1. The second-order valence-electron chi connectivity index (χ2n) is 5.64. The van der Waals surface area contributed by atoms with Crippen molar-refractivity contribution in [2.75, 3.05) is 10.6 Å². The van der Waals surface area contributed by atoms with Gasteiger partial charge in [0, 0.05) is 16.1 Å². The van der Waals surface area contributed by atoms with E-state index >= 15 is 0 Å². The van der Waals surface area contributed by atoms with E-state index in [9.17, 15) is 14.4 Å². The smallest absolute Gasteiger partial charge is 0.324 e. The Morgan fingerprint density at radius 3 is 2.67 bits per heavy atom. The first kappa shape index (κ1) is 16.2. The van der Waals surface area contributed by atoms with Crippen LogP contribution in [0.15, 0.2) is 24.3 Å². The molecule has 0 atom stereocenters. The molecule has 1 heterocycles. The average Bonchev–Trinajstić information content (AvgIpc) is 3.07. The van der Waals surface area contributed by atoms with Gasteiger partial charge < -0.3 is 11.1 Å². The summed E-state index contributed by atoms with van der Waals surface area (Å²) in [4.78, 5) is 36.4. The molecule has 24 heavy (non-hydrogen) atoms.